The van der Waals surface area contributed by atoms with Crippen LogP contribution in [-0.2, 0) is 4.79 Å². The fourth-order valence-corrected chi connectivity index (χ4v) is 1.16. The number of hydrogen-bond acceptors (Lipinski definition) is 3. The predicted octanol–water partition coefficient (Wildman–Crippen LogP) is 0.772. The van der Waals surface area contributed by atoms with E-state index < -0.39 is 0 Å². The van der Waals surface area contributed by atoms with Crippen molar-refractivity contribution in [3.8, 4) is 0 Å². The van der Waals surface area contributed by atoms with Crippen molar-refractivity contribution in [1.82, 2.24) is 10.3 Å². The molecule has 0 aliphatic heterocycles. The average Bonchev–Trinajstić information content (AvgIpc) is 3.00. The number of nitrogens with one attached hydrogen (secondary N) is 2. The fourth-order valence-electron chi connectivity index (χ4n) is 1.16. The van der Waals surface area contributed by atoms with Crippen LogP contribution in [0.4, 0.5) is 5.69 Å². The Bertz CT molecular complexity index is 308. The third-order valence-electron chi connectivity index (χ3n) is 2.09. The Balaban J connectivity index is 1.76. The number of nitrogens with zero attached hydrogens (tertiary/aromatic N) is 1. The number of pyridine rings is 1. The zero-order valence-corrected chi connectivity index (χ0v) is 7.86. The molecule has 1 aromatic heterocycles. The SMILES string of the molecule is O=C(CNC1CC1)Nc1ccncc1. The van der Waals surface area contributed by atoms with Crippen LogP contribution < -0.4 is 10.6 Å². The van der Waals surface area contributed by atoms with Crippen LogP contribution in [0.2, 0.25) is 0 Å². The van der Waals surface area contributed by atoms with Crippen LogP contribution in [0.5, 0.6) is 0 Å². The summed E-state index contributed by atoms with van der Waals surface area (Å²) in [6, 6.07) is 4.11. The lowest BCUT2D eigenvalue weighted by Gasteiger charge is -2.04. The van der Waals surface area contributed by atoms with E-state index in [1.165, 1.54) is 12.8 Å². The minimum atomic E-state index is 0.00287. The Morgan fingerprint density at radius 1 is 1.43 bits per heavy atom. The van der Waals surface area contributed by atoms with Gasteiger partial charge in [-0.3, -0.25) is 9.78 Å². The molecule has 14 heavy (non-hydrogen) atoms. The van der Waals surface area contributed by atoms with Gasteiger partial charge in [0.2, 0.25) is 5.91 Å². The first kappa shape index (κ1) is 9.15. The third kappa shape index (κ3) is 2.81. The highest BCUT2D eigenvalue weighted by Crippen LogP contribution is 2.18. The van der Waals surface area contributed by atoms with Crippen molar-refractivity contribution in [3.05, 3.63) is 24.5 Å². The molecule has 0 unspecified atom stereocenters. The van der Waals surface area contributed by atoms with Crippen LogP contribution in [0.25, 0.3) is 0 Å². The standard InChI is InChI=1S/C10H13N3O/c14-10(7-12-8-1-2-8)13-9-3-5-11-6-4-9/h3-6,8,12H,1-2,7H2,(H,11,13,14). The lowest BCUT2D eigenvalue weighted by Crippen LogP contribution is -2.29. The molecule has 2 N–H and O–H groups in total. The molecule has 4 heteroatoms. The lowest BCUT2D eigenvalue weighted by atomic mass is 10.4. The van der Waals surface area contributed by atoms with Crippen LogP contribution in [0, 0.1) is 0 Å². The number of anilines is 1. The summed E-state index contributed by atoms with van der Waals surface area (Å²) in [4.78, 5) is 15.2. The van der Waals surface area contributed by atoms with Gasteiger partial charge < -0.3 is 10.6 Å². The molecule has 1 aliphatic rings. The zero-order chi connectivity index (χ0) is 9.80. The van der Waals surface area contributed by atoms with Crippen LogP contribution in [0.3, 0.4) is 0 Å². The molecule has 0 aromatic carbocycles. The van der Waals surface area contributed by atoms with E-state index in [0.29, 0.717) is 12.6 Å². The van der Waals surface area contributed by atoms with Gasteiger partial charge in [0, 0.05) is 24.1 Å². The first-order chi connectivity index (χ1) is 6.84. The van der Waals surface area contributed by atoms with Crippen molar-refractivity contribution >= 4 is 11.6 Å². The summed E-state index contributed by atoms with van der Waals surface area (Å²) >= 11 is 0. The monoisotopic (exact) mass is 191 g/mol. The van der Waals surface area contributed by atoms with E-state index in [9.17, 15) is 4.79 Å². The second-order valence-corrected chi connectivity index (χ2v) is 3.44. The van der Waals surface area contributed by atoms with Gasteiger partial charge in [-0.05, 0) is 25.0 Å². The smallest absolute Gasteiger partial charge is 0.238 e. The predicted molar refractivity (Wildman–Crippen MR) is 53.9 cm³/mol. The number of aromatic nitrogens is 1. The van der Waals surface area contributed by atoms with Crippen molar-refractivity contribution in [3.63, 3.8) is 0 Å². The van der Waals surface area contributed by atoms with Gasteiger partial charge in [0.05, 0.1) is 6.54 Å². The van der Waals surface area contributed by atoms with Gasteiger partial charge in [0.25, 0.3) is 0 Å². The molecule has 2 rings (SSSR count). The molecule has 0 atom stereocenters. The Kier molecular flexibility index (Phi) is 2.74. The van der Waals surface area contributed by atoms with Crippen molar-refractivity contribution in [2.75, 3.05) is 11.9 Å². The van der Waals surface area contributed by atoms with Crippen molar-refractivity contribution in [1.29, 1.82) is 0 Å². The van der Waals surface area contributed by atoms with Gasteiger partial charge in [-0.2, -0.15) is 0 Å². The second-order valence-electron chi connectivity index (χ2n) is 3.44. The number of carbonyl (C=O) groups is 1. The molecular formula is C10H13N3O. The van der Waals surface area contributed by atoms with Crippen LogP contribution in [0.1, 0.15) is 12.8 Å². The van der Waals surface area contributed by atoms with Gasteiger partial charge in [0.1, 0.15) is 0 Å². The summed E-state index contributed by atoms with van der Waals surface area (Å²) in [6.07, 6.45) is 5.71. The van der Waals surface area contributed by atoms with E-state index in [4.69, 9.17) is 0 Å². The van der Waals surface area contributed by atoms with Gasteiger partial charge in [0.15, 0.2) is 0 Å². The normalized spacial score (nSPS) is 15.1. The molecule has 1 aliphatic carbocycles. The second kappa shape index (κ2) is 4.19. The highest BCUT2D eigenvalue weighted by Gasteiger charge is 2.20. The third-order valence-corrected chi connectivity index (χ3v) is 2.09. The van der Waals surface area contributed by atoms with Crippen molar-refractivity contribution in [2.45, 2.75) is 18.9 Å². The van der Waals surface area contributed by atoms with Crippen LogP contribution in [0.15, 0.2) is 24.5 Å². The summed E-state index contributed by atoms with van der Waals surface area (Å²) in [6.45, 7) is 0.396. The van der Waals surface area contributed by atoms with Crippen LogP contribution >= 0.6 is 0 Å². The zero-order valence-electron chi connectivity index (χ0n) is 7.86. The average molecular weight is 191 g/mol. The quantitative estimate of drug-likeness (QED) is 0.739. The highest BCUT2D eigenvalue weighted by atomic mass is 16.1. The number of rotatable bonds is 4. The molecule has 1 amide bonds. The van der Waals surface area contributed by atoms with Gasteiger partial charge in [-0.1, -0.05) is 0 Å². The van der Waals surface area contributed by atoms with E-state index in [-0.39, 0.29) is 5.91 Å². The Morgan fingerprint density at radius 3 is 2.79 bits per heavy atom. The van der Waals surface area contributed by atoms with Crippen molar-refractivity contribution < 1.29 is 4.79 Å². The lowest BCUT2D eigenvalue weighted by molar-refractivity contribution is -0.115. The van der Waals surface area contributed by atoms with Gasteiger partial charge in [-0.25, -0.2) is 0 Å². The molecule has 1 aromatic rings. The molecule has 1 heterocycles. The molecule has 1 fully saturated rings. The molecular weight excluding hydrogens is 178 g/mol. The minimum absolute atomic E-state index is 0.00287. The van der Waals surface area contributed by atoms with E-state index in [0.717, 1.165) is 5.69 Å². The summed E-state index contributed by atoms with van der Waals surface area (Å²) in [5.41, 5.74) is 0.794. The molecule has 1 saturated carbocycles. The van der Waals surface area contributed by atoms with E-state index in [1.807, 2.05) is 0 Å². The number of carbonyl (C=O) groups excluding carboxylic acids is 1. The first-order valence-corrected chi connectivity index (χ1v) is 4.78. The number of amides is 1. The Hall–Kier alpha value is -1.42. The molecule has 0 radical (unpaired) electrons. The minimum Gasteiger partial charge on any atom is -0.325 e. The summed E-state index contributed by atoms with van der Waals surface area (Å²) in [5, 5.41) is 5.93. The van der Waals surface area contributed by atoms with Gasteiger partial charge in [-0.15, -0.1) is 0 Å². The van der Waals surface area contributed by atoms with Crippen LogP contribution in [-0.4, -0.2) is 23.5 Å². The van der Waals surface area contributed by atoms with E-state index in [1.54, 1.807) is 24.5 Å². The summed E-state index contributed by atoms with van der Waals surface area (Å²) in [5.74, 6) is 0.00287. The maximum absolute atomic E-state index is 11.4. The van der Waals surface area contributed by atoms with Gasteiger partial charge >= 0.3 is 0 Å². The topological polar surface area (TPSA) is 54.0 Å². The first-order valence-electron chi connectivity index (χ1n) is 4.78. The summed E-state index contributed by atoms with van der Waals surface area (Å²) in [7, 11) is 0. The Labute approximate surface area is 82.7 Å². The molecule has 0 saturated heterocycles. The largest absolute Gasteiger partial charge is 0.325 e. The van der Waals surface area contributed by atoms with E-state index >= 15 is 0 Å². The molecule has 4 nitrogen and oxygen atoms in total. The molecule has 0 bridgehead atoms. The molecule has 74 valence electrons. The number of hydrogen-bond donors (Lipinski definition) is 2. The maximum atomic E-state index is 11.4. The Morgan fingerprint density at radius 2 is 2.14 bits per heavy atom. The highest BCUT2D eigenvalue weighted by molar-refractivity contribution is 5.92. The van der Waals surface area contributed by atoms with Crippen molar-refractivity contribution in [2.24, 2.45) is 0 Å². The fraction of sp³-hybridized carbons (Fsp3) is 0.400. The molecule has 0 spiro atoms. The van der Waals surface area contributed by atoms with E-state index in [2.05, 4.69) is 15.6 Å². The maximum Gasteiger partial charge on any atom is 0.238 e. The summed E-state index contributed by atoms with van der Waals surface area (Å²) < 4.78 is 0.